The zero-order valence-electron chi connectivity index (χ0n) is 10.1. The molecule has 2 saturated carbocycles. The fraction of sp³-hybridized carbons (Fsp3) is 0.923. The fourth-order valence-electron chi connectivity index (χ4n) is 2.78. The highest BCUT2D eigenvalue weighted by Gasteiger charge is 2.30. The molecule has 0 heterocycles. The molecule has 0 aromatic heterocycles. The third-order valence-corrected chi connectivity index (χ3v) is 4.18. The fourth-order valence-corrected chi connectivity index (χ4v) is 2.78. The van der Waals surface area contributed by atoms with E-state index in [2.05, 4.69) is 12.2 Å². The number of nitrogens with one attached hydrogen (secondary N) is 1. The molecule has 92 valence electrons. The third kappa shape index (κ3) is 3.21. The van der Waals surface area contributed by atoms with E-state index in [0.717, 1.165) is 44.1 Å². The molecule has 0 aromatic carbocycles. The SMILES string of the molecule is CC(CNC1CCCC(C(=O)O)C1)C1CC1. The predicted molar refractivity (Wildman–Crippen MR) is 63.3 cm³/mol. The summed E-state index contributed by atoms with van der Waals surface area (Å²) in [6, 6.07) is 0.441. The Morgan fingerprint density at radius 1 is 1.38 bits per heavy atom. The molecule has 2 N–H and O–H groups in total. The molecule has 0 radical (unpaired) electrons. The molecule has 16 heavy (non-hydrogen) atoms. The Kier molecular flexibility index (Phi) is 3.85. The van der Waals surface area contributed by atoms with Crippen molar-refractivity contribution in [3.05, 3.63) is 0 Å². The lowest BCUT2D eigenvalue weighted by molar-refractivity contribution is -0.143. The Hall–Kier alpha value is -0.570. The molecule has 3 unspecified atom stereocenters. The summed E-state index contributed by atoms with van der Waals surface area (Å²) in [5.41, 5.74) is 0. The molecule has 3 atom stereocenters. The van der Waals surface area contributed by atoms with Crippen LogP contribution in [0, 0.1) is 17.8 Å². The van der Waals surface area contributed by atoms with E-state index in [1.54, 1.807) is 0 Å². The number of carboxylic acids is 1. The maximum absolute atomic E-state index is 10.9. The van der Waals surface area contributed by atoms with Gasteiger partial charge in [0.2, 0.25) is 0 Å². The molecule has 3 heteroatoms. The van der Waals surface area contributed by atoms with Crippen LogP contribution < -0.4 is 5.32 Å². The minimum atomic E-state index is -0.609. The van der Waals surface area contributed by atoms with Gasteiger partial charge in [0, 0.05) is 6.04 Å². The zero-order chi connectivity index (χ0) is 11.5. The number of rotatable bonds is 5. The van der Waals surface area contributed by atoms with Gasteiger partial charge in [0.05, 0.1) is 5.92 Å². The maximum Gasteiger partial charge on any atom is 0.306 e. The van der Waals surface area contributed by atoms with Crippen molar-refractivity contribution >= 4 is 5.97 Å². The van der Waals surface area contributed by atoms with E-state index >= 15 is 0 Å². The van der Waals surface area contributed by atoms with Crippen LogP contribution in [0.25, 0.3) is 0 Å². The van der Waals surface area contributed by atoms with Crippen LogP contribution in [0.4, 0.5) is 0 Å². The van der Waals surface area contributed by atoms with Gasteiger partial charge in [-0.05, 0) is 50.5 Å². The summed E-state index contributed by atoms with van der Waals surface area (Å²) in [5.74, 6) is 0.987. The molecular weight excluding hydrogens is 202 g/mol. The van der Waals surface area contributed by atoms with E-state index in [0.29, 0.717) is 6.04 Å². The van der Waals surface area contributed by atoms with Gasteiger partial charge >= 0.3 is 5.97 Å². The van der Waals surface area contributed by atoms with Crippen LogP contribution >= 0.6 is 0 Å². The van der Waals surface area contributed by atoms with Gasteiger partial charge < -0.3 is 10.4 Å². The van der Waals surface area contributed by atoms with Gasteiger partial charge in [0.25, 0.3) is 0 Å². The lowest BCUT2D eigenvalue weighted by atomic mass is 9.85. The van der Waals surface area contributed by atoms with E-state index in [1.807, 2.05) is 0 Å². The van der Waals surface area contributed by atoms with Crippen molar-refractivity contribution in [3.63, 3.8) is 0 Å². The molecule has 2 fully saturated rings. The van der Waals surface area contributed by atoms with Crippen molar-refractivity contribution in [2.75, 3.05) is 6.54 Å². The topological polar surface area (TPSA) is 49.3 Å². The van der Waals surface area contributed by atoms with Gasteiger partial charge in [0.1, 0.15) is 0 Å². The summed E-state index contributed by atoms with van der Waals surface area (Å²) in [6.07, 6.45) is 6.70. The molecule has 0 amide bonds. The second-order valence-corrected chi connectivity index (χ2v) is 5.62. The molecule has 2 rings (SSSR count). The highest BCUT2D eigenvalue weighted by atomic mass is 16.4. The van der Waals surface area contributed by atoms with Crippen molar-refractivity contribution in [1.29, 1.82) is 0 Å². The smallest absolute Gasteiger partial charge is 0.306 e. The second kappa shape index (κ2) is 5.17. The van der Waals surface area contributed by atoms with Crippen LogP contribution in [0.2, 0.25) is 0 Å². The number of hydrogen-bond acceptors (Lipinski definition) is 2. The molecule has 0 bridgehead atoms. The van der Waals surface area contributed by atoms with E-state index in [9.17, 15) is 4.79 Å². The Balaban J connectivity index is 1.70. The standard InChI is InChI=1S/C13H23NO2/c1-9(10-5-6-10)8-14-12-4-2-3-11(7-12)13(15)16/h9-12,14H,2-8H2,1H3,(H,15,16). The summed E-state index contributed by atoms with van der Waals surface area (Å²) >= 11 is 0. The lowest BCUT2D eigenvalue weighted by Crippen LogP contribution is -2.38. The van der Waals surface area contributed by atoms with Gasteiger partial charge in [-0.25, -0.2) is 0 Å². The van der Waals surface area contributed by atoms with Crippen LogP contribution in [0.5, 0.6) is 0 Å². The van der Waals surface area contributed by atoms with E-state index in [1.165, 1.54) is 12.8 Å². The first-order chi connectivity index (χ1) is 7.66. The minimum absolute atomic E-state index is 0.109. The van der Waals surface area contributed by atoms with Gasteiger partial charge in [-0.2, -0.15) is 0 Å². The Morgan fingerprint density at radius 2 is 2.12 bits per heavy atom. The van der Waals surface area contributed by atoms with E-state index < -0.39 is 5.97 Å². The first-order valence-electron chi connectivity index (χ1n) is 6.63. The molecule has 2 aliphatic carbocycles. The summed E-state index contributed by atoms with van der Waals surface area (Å²) in [4.78, 5) is 10.9. The minimum Gasteiger partial charge on any atom is -0.481 e. The van der Waals surface area contributed by atoms with Gasteiger partial charge in [0.15, 0.2) is 0 Å². The molecule has 0 spiro atoms. The van der Waals surface area contributed by atoms with Crippen molar-refractivity contribution in [2.24, 2.45) is 17.8 Å². The van der Waals surface area contributed by atoms with Crippen molar-refractivity contribution < 1.29 is 9.90 Å². The van der Waals surface area contributed by atoms with Gasteiger partial charge in [-0.3, -0.25) is 4.79 Å². The molecule has 0 aliphatic heterocycles. The first-order valence-corrected chi connectivity index (χ1v) is 6.63. The average Bonchev–Trinajstić information content (AvgIpc) is 3.10. The number of carboxylic acid groups (broad SMARTS) is 1. The summed E-state index contributed by atoms with van der Waals surface area (Å²) in [7, 11) is 0. The van der Waals surface area contributed by atoms with E-state index in [-0.39, 0.29) is 5.92 Å². The Bertz CT molecular complexity index is 250. The lowest BCUT2D eigenvalue weighted by Gasteiger charge is -2.28. The Morgan fingerprint density at radius 3 is 2.75 bits per heavy atom. The van der Waals surface area contributed by atoms with Crippen molar-refractivity contribution in [2.45, 2.75) is 51.5 Å². The zero-order valence-corrected chi connectivity index (χ0v) is 10.1. The third-order valence-electron chi connectivity index (χ3n) is 4.18. The van der Waals surface area contributed by atoms with Gasteiger partial charge in [-0.1, -0.05) is 13.3 Å². The molecule has 2 aliphatic rings. The highest BCUT2D eigenvalue weighted by molar-refractivity contribution is 5.70. The highest BCUT2D eigenvalue weighted by Crippen LogP contribution is 2.36. The number of carbonyl (C=O) groups is 1. The monoisotopic (exact) mass is 225 g/mol. The normalized spacial score (nSPS) is 32.3. The first kappa shape index (κ1) is 11.9. The number of aliphatic carboxylic acids is 1. The maximum atomic E-state index is 10.9. The van der Waals surface area contributed by atoms with Crippen LogP contribution in [0.3, 0.4) is 0 Å². The second-order valence-electron chi connectivity index (χ2n) is 5.62. The van der Waals surface area contributed by atoms with Crippen LogP contribution in [-0.2, 0) is 4.79 Å². The van der Waals surface area contributed by atoms with Crippen molar-refractivity contribution in [1.82, 2.24) is 5.32 Å². The van der Waals surface area contributed by atoms with Crippen molar-refractivity contribution in [3.8, 4) is 0 Å². The van der Waals surface area contributed by atoms with Crippen LogP contribution in [-0.4, -0.2) is 23.7 Å². The summed E-state index contributed by atoms with van der Waals surface area (Å²) < 4.78 is 0. The van der Waals surface area contributed by atoms with Crippen LogP contribution in [0.1, 0.15) is 45.4 Å². The molecule has 3 nitrogen and oxygen atoms in total. The largest absolute Gasteiger partial charge is 0.481 e. The molecule has 0 saturated heterocycles. The summed E-state index contributed by atoms with van der Waals surface area (Å²) in [6.45, 7) is 3.38. The van der Waals surface area contributed by atoms with Crippen LogP contribution in [0.15, 0.2) is 0 Å². The summed E-state index contributed by atoms with van der Waals surface area (Å²) in [5, 5.41) is 12.6. The molecular formula is C13H23NO2. The van der Waals surface area contributed by atoms with E-state index in [4.69, 9.17) is 5.11 Å². The Labute approximate surface area is 97.6 Å². The number of hydrogen-bond donors (Lipinski definition) is 2. The quantitative estimate of drug-likeness (QED) is 0.754. The molecule has 0 aromatic rings. The van der Waals surface area contributed by atoms with Gasteiger partial charge in [-0.15, -0.1) is 0 Å². The predicted octanol–water partition coefficient (Wildman–Crippen LogP) is 2.27. The average molecular weight is 225 g/mol.